The van der Waals surface area contributed by atoms with Gasteiger partial charge < -0.3 is 0 Å². The number of rotatable bonds is 2. The summed E-state index contributed by atoms with van der Waals surface area (Å²) in [6.07, 6.45) is -4.46. The van der Waals surface area contributed by atoms with Gasteiger partial charge in [-0.25, -0.2) is 8.78 Å². The summed E-state index contributed by atoms with van der Waals surface area (Å²) in [7, 11) is 0. The number of fused-ring (bicyclic) bond motifs is 3. The van der Waals surface area contributed by atoms with Crippen LogP contribution in [0.15, 0.2) is 103 Å². The van der Waals surface area contributed by atoms with Gasteiger partial charge in [0.25, 0.3) is 0 Å². The zero-order chi connectivity index (χ0) is 25.0. The van der Waals surface area contributed by atoms with Crippen molar-refractivity contribution in [2.24, 2.45) is 0 Å². The van der Waals surface area contributed by atoms with Crippen molar-refractivity contribution in [1.29, 1.82) is 0 Å². The largest absolute Gasteiger partial charge is 0.416 e. The highest BCUT2D eigenvalue weighted by Gasteiger charge is 2.30. The minimum Gasteiger partial charge on any atom is -0.204 e. The molecule has 0 bridgehead atoms. The van der Waals surface area contributed by atoms with Crippen LogP contribution in [0.3, 0.4) is 0 Å². The molecule has 0 saturated heterocycles. The van der Waals surface area contributed by atoms with Gasteiger partial charge in [0.1, 0.15) is 0 Å². The van der Waals surface area contributed by atoms with E-state index in [1.54, 1.807) is 12.1 Å². The molecule has 6 aromatic carbocycles. The van der Waals surface area contributed by atoms with E-state index in [0.717, 1.165) is 38.7 Å². The summed E-state index contributed by atoms with van der Waals surface area (Å²) < 4.78 is 68.3. The van der Waals surface area contributed by atoms with Gasteiger partial charge in [-0.15, -0.1) is 0 Å². The van der Waals surface area contributed by atoms with Gasteiger partial charge in [-0.3, -0.25) is 0 Å². The van der Waals surface area contributed by atoms with Crippen LogP contribution in [0.25, 0.3) is 54.6 Å². The summed E-state index contributed by atoms with van der Waals surface area (Å²) in [6, 6.07) is 28.3. The Kier molecular flexibility index (Phi) is 5.04. The molecule has 0 N–H and O–H groups in total. The van der Waals surface area contributed by atoms with Crippen molar-refractivity contribution in [1.82, 2.24) is 0 Å². The molecule has 36 heavy (non-hydrogen) atoms. The molecule has 0 atom stereocenters. The first kappa shape index (κ1) is 22.2. The van der Waals surface area contributed by atoms with E-state index in [9.17, 15) is 22.0 Å². The van der Waals surface area contributed by atoms with E-state index in [-0.39, 0.29) is 0 Å². The smallest absolute Gasteiger partial charge is 0.204 e. The lowest BCUT2D eigenvalue weighted by molar-refractivity contribution is -0.137. The van der Waals surface area contributed by atoms with Crippen molar-refractivity contribution in [3.05, 3.63) is 120 Å². The fourth-order valence-corrected chi connectivity index (χ4v) is 5.00. The quantitative estimate of drug-likeness (QED) is 0.169. The lowest BCUT2D eigenvalue weighted by atomic mass is 9.85. The van der Waals surface area contributed by atoms with Crippen molar-refractivity contribution < 1.29 is 22.0 Å². The monoisotopic (exact) mass is 484 g/mol. The SMILES string of the molecule is Fc1cc2ccc(-c3c4ccccc4c(-c4cccc(C(F)(F)F)c4)c4ccccc34)cc2cc1F. The standard InChI is InChI=1S/C31H17F5/c32-27-16-18-12-13-20(14-21(18)17-28(27)33)30-25-10-3-1-8-23(25)29(24-9-2-4-11-26(24)30)19-6-5-7-22(15-19)31(34,35)36/h1-17H. The molecule has 6 aromatic rings. The topological polar surface area (TPSA) is 0 Å². The molecule has 0 aromatic heterocycles. The van der Waals surface area contributed by atoms with Crippen molar-refractivity contribution >= 4 is 32.3 Å². The van der Waals surface area contributed by atoms with Gasteiger partial charge in [0.15, 0.2) is 11.6 Å². The van der Waals surface area contributed by atoms with Crippen LogP contribution < -0.4 is 0 Å². The Bertz CT molecular complexity index is 1740. The Labute approximate surface area is 203 Å². The highest BCUT2D eigenvalue weighted by molar-refractivity contribution is 6.21. The summed E-state index contributed by atoms with van der Waals surface area (Å²) >= 11 is 0. The van der Waals surface area contributed by atoms with Crippen LogP contribution in [-0.4, -0.2) is 0 Å². The summed E-state index contributed by atoms with van der Waals surface area (Å²) in [5.41, 5.74) is 2.16. The second-order valence-corrected chi connectivity index (χ2v) is 8.75. The molecule has 176 valence electrons. The maximum absolute atomic E-state index is 14.0. The molecular formula is C31H17F5. The van der Waals surface area contributed by atoms with E-state index in [1.807, 2.05) is 60.7 Å². The molecule has 0 radical (unpaired) electrons. The third-order valence-electron chi connectivity index (χ3n) is 6.58. The van der Waals surface area contributed by atoms with Gasteiger partial charge >= 0.3 is 6.18 Å². The number of halogens is 5. The van der Waals surface area contributed by atoms with Crippen LogP contribution in [-0.2, 0) is 6.18 Å². The van der Waals surface area contributed by atoms with E-state index in [2.05, 4.69) is 0 Å². The predicted octanol–water partition coefficient (Wildman–Crippen LogP) is 9.78. The normalized spacial score (nSPS) is 12.0. The molecule has 5 heteroatoms. The fourth-order valence-electron chi connectivity index (χ4n) is 5.00. The minimum atomic E-state index is -4.46. The van der Waals surface area contributed by atoms with Crippen molar-refractivity contribution in [3.63, 3.8) is 0 Å². The zero-order valence-electron chi connectivity index (χ0n) is 18.7. The van der Waals surface area contributed by atoms with Crippen LogP contribution in [0, 0.1) is 11.6 Å². The van der Waals surface area contributed by atoms with Gasteiger partial charge in [-0.05, 0) is 84.9 Å². The summed E-state index contributed by atoms with van der Waals surface area (Å²) in [5, 5.41) is 4.44. The van der Waals surface area contributed by atoms with Gasteiger partial charge in [-0.1, -0.05) is 72.8 Å². The number of hydrogen-bond donors (Lipinski definition) is 0. The van der Waals surface area contributed by atoms with Gasteiger partial charge in [0.2, 0.25) is 0 Å². The van der Waals surface area contributed by atoms with Gasteiger partial charge in [0.05, 0.1) is 5.56 Å². The lowest BCUT2D eigenvalue weighted by Crippen LogP contribution is -2.04. The molecule has 0 amide bonds. The summed E-state index contributed by atoms with van der Waals surface area (Å²) in [5.74, 6) is -1.83. The average molecular weight is 484 g/mol. The maximum Gasteiger partial charge on any atom is 0.416 e. The first-order chi connectivity index (χ1) is 17.3. The zero-order valence-corrected chi connectivity index (χ0v) is 18.7. The van der Waals surface area contributed by atoms with E-state index < -0.39 is 23.4 Å². The van der Waals surface area contributed by atoms with Crippen LogP contribution in [0.4, 0.5) is 22.0 Å². The molecule has 0 heterocycles. The van der Waals surface area contributed by atoms with Crippen molar-refractivity contribution in [2.75, 3.05) is 0 Å². The molecule has 0 fully saturated rings. The van der Waals surface area contributed by atoms with Crippen LogP contribution >= 0.6 is 0 Å². The van der Waals surface area contributed by atoms with E-state index in [1.165, 1.54) is 24.3 Å². The van der Waals surface area contributed by atoms with Gasteiger partial charge in [0, 0.05) is 0 Å². The number of benzene rings is 6. The van der Waals surface area contributed by atoms with E-state index in [0.29, 0.717) is 21.9 Å². The number of hydrogen-bond acceptors (Lipinski definition) is 0. The van der Waals surface area contributed by atoms with Crippen LogP contribution in [0.5, 0.6) is 0 Å². The second kappa shape index (κ2) is 8.16. The molecule has 0 aliphatic heterocycles. The Morgan fingerprint density at radius 1 is 0.444 bits per heavy atom. The molecule has 0 aliphatic rings. The van der Waals surface area contributed by atoms with Crippen LogP contribution in [0.1, 0.15) is 5.56 Å². The maximum atomic E-state index is 14.0. The highest BCUT2D eigenvalue weighted by Crippen LogP contribution is 2.44. The molecule has 0 nitrogen and oxygen atoms in total. The molecule has 6 rings (SSSR count). The first-order valence-electron chi connectivity index (χ1n) is 11.3. The first-order valence-corrected chi connectivity index (χ1v) is 11.3. The Morgan fingerprint density at radius 2 is 0.944 bits per heavy atom. The third kappa shape index (κ3) is 3.59. The Morgan fingerprint density at radius 3 is 1.47 bits per heavy atom. The Balaban J connectivity index is 1.71. The van der Waals surface area contributed by atoms with Gasteiger partial charge in [-0.2, -0.15) is 13.2 Å². The summed E-state index contributed by atoms with van der Waals surface area (Å²) in [4.78, 5) is 0. The fraction of sp³-hybridized carbons (Fsp3) is 0.0323. The van der Waals surface area contributed by atoms with E-state index in [4.69, 9.17) is 0 Å². The molecule has 0 unspecified atom stereocenters. The van der Waals surface area contributed by atoms with Crippen molar-refractivity contribution in [3.8, 4) is 22.3 Å². The molecular weight excluding hydrogens is 467 g/mol. The molecule has 0 spiro atoms. The van der Waals surface area contributed by atoms with Crippen LogP contribution in [0.2, 0.25) is 0 Å². The number of alkyl halides is 3. The molecule has 0 aliphatic carbocycles. The third-order valence-corrected chi connectivity index (χ3v) is 6.58. The van der Waals surface area contributed by atoms with E-state index >= 15 is 0 Å². The second-order valence-electron chi connectivity index (χ2n) is 8.75. The summed E-state index contributed by atoms with van der Waals surface area (Å²) in [6.45, 7) is 0. The lowest BCUT2D eigenvalue weighted by Gasteiger charge is -2.18. The van der Waals surface area contributed by atoms with Crippen molar-refractivity contribution in [2.45, 2.75) is 6.18 Å². The predicted molar refractivity (Wildman–Crippen MR) is 135 cm³/mol. The highest BCUT2D eigenvalue weighted by atomic mass is 19.4. The molecule has 0 saturated carbocycles. The average Bonchev–Trinajstić information content (AvgIpc) is 2.87. The minimum absolute atomic E-state index is 0.472. The Hall–Kier alpha value is -4.25.